The van der Waals surface area contributed by atoms with Crippen LogP contribution in [-0.2, 0) is 6.54 Å². The highest BCUT2D eigenvalue weighted by atomic mass is 79.9. The predicted octanol–water partition coefficient (Wildman–Crippen LogP) is 4.60. The largest absolute Gasteiger partial charge is 0.573 e. The summed E-state index contributed by atoms with van der Waals surface area (Å²) in [6.45, 7) is -0.424. The first-order chi connectivity index (χ1) is 12.3. The summed E-state index contributed by atoms with van der Waals surface area (Å²) in [7, 11) is 0. The number of hydrogen-bond donors (Lipinski definition) is 1. The van der Waals surface area contributed by atoms with Crippen molar-refractivity contribution in [3.05, 3.63) is 58.1 Å². The van der Waals surface area contributed by atoms with Crippen LogP contribution in [0.5, 0.6) is 11.5 Å². The lowest BCUT2D eigenvalue weighted by atomic mass is 10.2. The molecule has 0 unspecified atom stereocenters. The Morgan fingerprint density at radius 2 is 1.77 bits per heavy atom. The zero-order chi connectivity index (χ0) is 19.2. The van der Waals surface area contributed by atoms with Gasteiger partial charge >= 0.3 is 6.36 Å². The Morgan fingerprint density at radius 3 is 2.38 bits per heavy atom. The zero-order valence-electron chi connectivity index (χ0n) is 13.4. The predicted molar refractivity (Wildman–Crippen MR) is 93.2 cm³/mol. The van der Waals surface area contributed by atoms with Gasteiger partial charge in [-0.25, -0.2) is 4.39 Å². The van der Waals surface area contributed by atoms with Crippen molar-refractivity contribution in [1.82, 2.24) is 0 Å². The summed E-state index contributed by atoms with van der Waals surface area (Å²) < 4.78 is 58.4. The number of nitrogens with two attached hydrogens (primary N) is 1. The molecule has 0 atom stereocenters. The second-order valence-corrected chi connectivity index (χ2v) is 6.02. The second kappa shape index (κ2) is 8.88. The van der Waals surface area contributed by atoms with Crippen LogP contribution in [0.3, 0.4) is 0 Å². The summed E-state index contributed by atoms with van der Waals surface area (Å²) in [6, 6.07) is 10.3. The van der Waals surface area contributed by atoms with E-state index in [1.54, 1.807) is 18.2 Å². The van der Waals surface area contributed by atoms with Crippen LogP contribution in [0.1, 0.15) is 11.1 Å². The molecule has 0 radical (unpaired) electrons. The molecule has 0 saturated carbocycles. The van der Waals surface area contributed by atoms with Gasteiger partial charge in [0, 0.05) is 10.0 Å². The molecule has 0 aliphatic carbocycles. The van der Waals surface area contributed by atoms with E-state index in [-0.39, 0.29) is 24.7 Å². The number of rotatable bonds is 7. The van der Waals surface area contributed by atoms with Crippen LogP contribution in [-0.4, -0.2) is 25.5 Å². The molecule has 0 saturated heterocycles. The van der Waals surface area contributed by atoms with Crippen LogP contribution in [0.2, 0.25) is 0 Å². The minimum atomic E-state index is -4.75. The normalized spacial score (nSPS) is 12.1. The van der Waals surface area contributed by atoms with Crippen LogP contribution in [0.4, 0.5) is 17.6 Å². The van der Waals surface area contributed by atoms with Gasteiger partial charge < -0.3 is 15.2 Å². The second-order valence-electron chi connectivity index (χ2n) is 5.11. The van der Waals surface area contributed by atoms with Gasteiger partial charge in [-0.1, -0.05) is 15.9 Å². The van der Waals surface area contributed by atoms with Crippen molar-refractivity contribution in [2.24, 2.45) is 10.7 Å². The molecular weight excluding hydrogens is 420 g/mol. The molecule has 26 heavy (non-hydrogen) atoms. The zero-order valence-corrected chi connectivity index (χ0v) is 15.0. The molecule has 4 nitrogen and oxygen atoms in total. The van der Waals surface area contributed by atoms with Crippen molar-refractivity contribution < 1.29 is 27.0 Å². The molecule has 0 aromatic heterocycles. The highest BCUT2D eigenvalue weighted by molar-refractivity contribution is 9.10. The molecular formula is C17H15BrF4N2O2. The summed E-state index contributed by atoms with van der Waals surface area (Å²) in [5, 5.41) is 0. The number of nitrogens with zero attached hydrogens (tertiary/aromatic N) is 1. The van der Waals surface area contributed by atoms with Crippen LogP contribution in [0, 0.1) is 0 Å². The number of hydrogen-bond acceptors (Lipinski definition) is 3. The van der Waals surface area contributed by atoms with Crippen LogP contribution in [0.25, 0.3) is 0 Å². The Kier molecular flexibility index (Phi) is 6.84. The lowest BCUT2D eigenvalue weighted by Crippen LogP contribution is -2.17. The van der Waals surface area contributed by atoms with Crippen molar-refractivity contribution >= 4 is 21.8 Å². The standard InChI is InChI=1S/C17H15BrF4N2O2/c18-13-7-11(8-15(9-13)25-6-5-19)10-24-16(23)12-1-3-14(4-2-12)26-17(20,21)22/h1-4,7-9H,5-6,10H2,(H2,23,24). The Balaban J connectivity index is 2.07. The highest BCUT2D eigenvalue weighted by Gasteiger charge is 2.30. The molecule has 2 N–H and O–H groups in total. The molecule has 9 heteroatoms. The molecule has 2 aromatic carbocycles. The topological polar surface area (TPSA) is 56.8 Å². The smallest absolute Gasteiger partial charge is 0.491 e. The number of benzene rings is 2. The first-order valence-corrected chi connectivity index (χ1v) is 8.20. The summed E-state index contributed by atoms with van der Waals surface area (Å²) in [5.74, 6) is 0.319. The maximum absolute atomic E-state index is 12.2. The van der Waals surface area contributed by atoms with Crippen molar-refractivity contribution in [3.63, 3.8) is 0 Å². The maximum Gasteiger partial charge on any atom is 0.573 e. The fourth-order valence-electron chi connectivity index (χ4n) is 2.05. The highest BCUT2D eigenvalue weighted by Crippen LogP contribution is 2.24. The number of amidine groups is 1. The fourth-order valence-corrected chi connectivity index (χ4v) is 2.57. The van der Waals surface area contributed by atoms with Gasteiger partial charge in [-0.15, -0.1) is 13.2 Å². The Hall–Kier alpha value is -2.29. The summed E-state index contributed by atoms with van der Waals surface area (Å²) >= 11 is 3.33. The van der Waals surface area contributed by atoms with E-state index in [4.69, 9.17) is 10.5 Å². The van der Waals surface area contributed by atoms with Crippen LogP contribution in [0.15, 0.2) is 51.9 Å². The molecule has 0 amide bonds. The van der Waals surface area contributed by atoms with E-state index in [2.05, 4.69) is 25.7 Å². The van der Waals surface area contributed by atoms with Gasteiger partial charge in [-0.2, -0.15) is 0 Å². The lowest BCUT2D eigenvalue weighted by Gasteiger charge is -2.09. The van der Waals surface area contributed by atoms with Gasteiger partial charge in [0.1, 0.15) is 30.6 Å². The van der Waals surface area contributed by atoms with E-state index >= 15 is 0 Å². The quantitative estimate of drug-likeness (QED) is 0.393. The van der Waals surface area contributed by atoms with Gasteiger partial charge in [0.15, 0.2) is 0 Å². The summed E-state index contributed by atoms with van der Waals surface area (Å²) in [5.41, 5.74) is 7.10. The minimum absolute atomic E-state index is 0.0480. The molecule has 2 aromatic rings. The Morgan fingerprint density at radius 1 is 1.08 bits per heavy atom. The van der Waals surface area contributed by atoms with Gasteiger partial charge in [-0.05, 0) is 48.0 Å². The van der Waals surface area contributed by atoms with E-state index in [9.17, 15) is 17.6 Å². The van der Waals surface area contributed by atoms with E-state index in [1.807, 2.05) is 0 Å². The van der Waals surface area contributed by atoms with E-state index < -0.39 is 13.0 Å². The van der Waals surface area contributed by atoms with Crippen molar-refractivity contribution in [1.29, 1.82) is 0 Å². The van der Waals surface area contributed by atoms with Gasteiger partial charge in [0.2, 0.25) is 0 Å². The minimum Gasteiger partial charge on any atom is -0.491 e. The third-order valence-electron chi connectivity index (χ3n) is 3.09. The fraction of sp³-hybridized carbons (Fsp3) is 0.235. The Labute approximate surface area is 155 Å². The number of aliphatic imine (C=N–C) groups is 1. The summed E-state index contributed by atoms with van der Waals surface area (Å²) in [6.07, 6.45) is -4.75. The van der Waals surface area contributed by atoms with E-state index in [0.717, 1.165) is 22.2 Å². The molecule has 0 fully saturated rings. The van der Waals surface area contributed by atoms with Crippen molar-refractivity contribution in [3.8, 4) is 11.5 Å². The molecule has 0 bridgehead atoms. The SMILES string of the molecule is NC(=NCc1cc(Br)cc(OCCF)c1)c1ccc(OC(F)(F)F)cc1. The van der Waals surface area contributed by atoms with Gasteiger partial charge in [0.05, 0.1) is 6.54 Å². The molecule has 140 valence electrons. The monoisotopic (exact) mass is 434 g/mol. The van der Waals surface area contributed by atoms with Crippen molar-refractivity contribution in [2.45, 2.75) is 12.9 Å². The van der Waals surface area contributed by atoms with Crippen LogP contribution < -0.4 is 15.2 Å². The summed E-state index contributed by atoms with van der Waals surface area (Å²) in [4.78, 5) is 4.21. The maximum atomic E-state index is 12.2. The molecule has 0 spiro atoms. The molecule has 0 aliphatic rings. The first kappa shape index (κ1) is 20.0. The van der Waals surface area contributed by atoms with E-state index in [1.165, 1.54) is 12.1 Å². The Bertz CT molecular complexity index is 764. The molecule has 0 aliphatic heterocycles. The van der Waals surface area contributed by atoms with Gasteiger partial charge in [-0.3, -0.25) is 4.99 Å². The van der Waals surface area contributed by atoms with Crippen LogP contribution >= 0.6 is 15.9 Å². The third-order valence-corrected chi connectivity index (χ3v) is 3.55. The number of ether oxygens (including phenoxy) is 2. The number of alkyl halides is 4. The van der Waals surface area contributed by atoms with Crippen molar-refractivity contribution in [2.75, 3.05) is 13.3 Å². The lowest BCUT2D eigenvalue weighted by molar-refractivity contribution is -0.274. The average molecular weight is 435 g/mol. The molecule has 0 heterocycles. The number of halogens is 5. The first-order valence-electron chi connectivity index (χ1n) is 7.41. The van der Waals surface area contributed by atoms with Gasteiger partial charge in [0.25, 0.3) is 0 Å². The molecule has 2 rings (SSSR count). The van der Waals surface area contributed by atoms with E-state index in [0.29, 0.717) is 11.3 Å². The third kappa shape index (κ3) is 6.55. The average Bonchev–Trinajstić information content (AvgIpc) is 2.56.